The average Bonchev–Trinajstić information content (AvgIpc) is 3.03. The Morgan fingerprint density at radius 3 is 2.85 bits per heavy atom. The number of sulfonamides is 1. The molecule has 0 saturated heterocycles. The molecule has 1 aromatic carbocycles. The molecule has 0 amide bonds. The van der Waals surface area contributed by atoms with Gasteiger partial charge in [0.2, 0.25) is 15.2 Å². The van der Waals surface area contributed by atoms with Crippen LogP contribution in [-0.4, -0.2) is 50.6 Å². The number of nitrogens with one attached hydrogen (secondary N) is 1. The first-order valence-corrected chi connectivity index (χ1v) is 10.2. The van der Waals surface area contributed by atoms with Crippen molar-refractivity contribution in [3.8, 4) is 0 Å². The van der Waals surface area contributed by atoms with Crippen molar-refractivity contribution in [1.29, 1.82) is 0 Å². The Morgan fingerprint density at radius 2 is 2.19 bits per heavy atom. The number of thiazole rings is 1. The van der Waals surface area contributed by atoms with E-state index in [1.165, 1.54) is 43.8 Å². The summed E-state index contributed by atoms with van der Waals surface area (Å²) in [6.07, 6.45) is 1.42. The predicted octanol–water partition coefficient (Wildman–Crippen LogP) is 2.08. The van der Waals surface area contributed by atoms with E-state index in [-0.39, 0.29) is 12.4 Å². The third kappa shape index (κ3) is 5.55. The quantitative estimate of drug-likeness (QED) is 0.403. The lowest BCUT2D eigenvalue weighted by atomic mass is 10.2. The molecule has 0 atom stereocenters. The van der Waals surface area contributed by atoms with Gasteiger partial charge >= 0.3 is 5.97 Å². The first-order valence-electron chi connectivity index (χ1n) is 7.85. The molecule has 0 unspecified atom stereocenters. The molecule has 0 saturated carbocycles. The molecule has 0 spiro atoms. The first-order chi connectivity index (χ1) is 12.7. The minimum absolute atomic E-state index is 0.0689. The van der Waals surface area contributed by atoms with E-state index in [1.807, 2.05) is 0 Å². The number of esters is 1. The van der Waals surface area contributed by atoms with Crippen molar-refractivity contribution in [2.45, 2.75) is 18.2 Å². The van der Waals surface area contributed by atoms with E-state index in [0.29, 0.717) is 23.0 Å². The fraction of sp³-hybridized carbons (Fsp3) is 0.312. The summed E-state index contributed by atoms with van der Waals surface area (Å²) in [5.74, 6) is -1.20. The van der Waals surface area contributed by atoms with E-state index in [0.717, 1.165) is 10.4 Å². The summed E-state index contributed by atoms with van der Waals surface area (Å²) < 4.78 is 43.9. The summed E-state index contributed by atoms with van der Waals surface area (Å²) in [5.41, 5.74) is 3.63. The van der Waals surface area contributed by atoms with Gasteiger partial charge < -0.3 is 4.74 Å². The van der Waals surface area contributed by atoms with Crippen molar-refractivity contribution >= 4 is 38.7 Å². The number of nitrogens with zero attached hydrogens (tertiary/aromatic N) is 3. The summed E-state index contributed by atoms with van der Waals surface area (Å²) in [6.45, 7) is 2.03. The molecule has 2 aromatic rings. The van der Waals surface area contributed by atoms with Crippen LogP contribution in [0.3, 0.4) is 0 Å². The van der Waals surface area contributed by atoms with Crippen LogP contribution in [0.5, 0.6) is 0 Å². The van der Waals surface area contributed by atoms with Crippen LogP contribution in [0.2, 0.25) is 0 Å². The van der Waals surface area contributed by atoms with Crippen molar-refractivity contribution in [3.63, 3.8) is 0 Å². The van der Waals surface area contributed by atoms with Gasteiger partial charge in [0.15, 0.2) is 0 Å². The molecular weight excluding hydrogens is 395 g/mol. The topological polar surface area (TPSA) is 101 Å². The number of rotatable bonds is 8. The molecule has 0 aliphatic heterocycles. The van der Waals surface area contributed by atoms with Crippen molar-refractivity contribution < 1.29 is 22.3 Å². The number of hydrogen-bond donors (Lipinski definition) is 1. The van der Waals surface area contributed by atoms with Gasteiger partial charge in [-0.15, -0.1) is 11.3 Å². The number of aromatic nitrogens is 1. The van der Waals surface area contributed by atoms with Crippen LogP contribution in [-0.2, 0) is 26.0 Å². The van der Waals surface area contributed by atoms with Crippen LogP contribution in [0.4, 0.5) is 9.52 Å². The van der Waals surface area contributed by atoms with Crippen LogP contribution < -0.4 is 5.43 Å². The Bertz CT molecular complexity index is 942. The lowest BCUT2D eigenvalue weighted by molar-refractivity contribution is -0.142. The SMILES string of the molecule is CCOC(=O)Cc1csc(NN=Cc2ccc(F)c(S(=O)(=O)N(C)C)c2)n1. The van der Waals surface area contributed by atoms with E-state index in [2.05, 4.69) is 15.5 Å². The molecule has 0 radical (unpaired) electrons. The van der Waals surface area contributed by atoms with Crippen molar-refractivity contribution in [3.05, 3.63) is 40.7 Å². The molecule has 1 aromatic heterocycles. The van der Waals surface area contributed by atoms with Crippen LogP contribution >= 0.6 is 11.3 Å². The minimum atomic E-state index is -3.90. The third-order valence-corrected chi connectivity index (χ3v) is 5.90. The Balaban J connectivity index is 2.07. The number of carbonyl (C=O) groups is 1. The Labute approximate surface area is 160 Å². The second kappa shape index (κ2) is 9.02. The molecule has 0 bridgehead atoms. The number of anilines is 1. The summed E-state index contributed by atoms with van der Waals surface area (Å²) in [4.78, 5) is 15.2. The highest BCUT2D eigenvalue weighted by atomic mass is 32.2. The van der Waals surface area contributed by atoms with Gasteiger partial charge in [-0.05, 0) is 24.6 Å². The molecule has 1 N–H and O–H groups in total. The van der Waals surface area contributed by atoms with Crippen molar-refractivity contribution in [1.82, 2.24) is 9.29 Å². The maximum Gasteiger partial charge on any atom is 0.311 e. The number of halogens is 1. The van der Waals surface area contributed by atoms with Crippen LogP contribution in [0.15, 0.2) is 33.6 Å². The molecule has 0 aliphatic rings. The highest BCUT2D eigenvalue weighted by Gasteiger charge is 2.21. The van der Waals surface area contributed by atoms with Gasteiger partial charge in [-0.2, -0.15) is 5.10 Å². The maximum absolute atomic E-state index is 13.9. The molecule has 8 nitrogen and oxygen atoms in total. The van der Waals surface area contributed by atoms with E-state index in [1.54, 1.807) is 12.3 Å². The fourth-order valence-corrected chi connectivity index (χ4v) is 3.61. The predicted molar refractivity (Wildman–Crippen MR) is 101 cm³/mol. The largest absolute Gasteiger partial charge is 0.466 e. The van der Waals surface area contributed by atoms with Crippen LogP contribution in [0.1, 0.15) is 18.2 Å². The normalized spacial score (nSPS) is 11.9. The fourth-order valence-electron chi connectivity index (χ4n) is 1.96. The zero-order chi connectivity index (χ0) is 20.0. The van der Waals surface area contributed by atoms with Gasteiger partial charge in [0.25, 0.3) is 0 Å². The molecular formula is C16H19FN4O4S2. The monoisotopic (exact) mass is 414 g/mol. The van der Waals surface area contributed by atoms with Crippen LogP contribution in [0.25, 0.3) is 0 Å². The van der Waals surface area contributed by atoms with Crippen LogP contribution in [0, 0.1) is 5.82 Å². The zero-order valence-electron chi connectivity index (χ0n) is 15.0. The molecule has 0 aliphatic carbocycles. The van der Waals surface area contributed by atoms with Gasteiger partial charge in [-0.25, -0.2) is 22.1 Å². The lowest BCUT2D eigenvalue weighted by Gasteiger charge is -2.12. The second-order valence-electron chi connectivity index (χ2n) is 5.47. The Kier molecular flexibility index (Phi) is 6.99. The van der Waals surface area contributed by atoms with Crippen molar-refractivity contribution in [2.75, 3.05) is 26.1 Å². The number of ether oxygens (including phenoxy) is 1. The van der Waals surface area contributed by atoms with Gasteiger partial charge in [0.05, 0.1) is 24.9 Å². The number of carbonyl (C=O) groups excluding carboxylic acids is 1. The molecule has 146 valence electrons. The highest BCUT2D eigenvalue weighted by Crippen LogP contribution is 2.19. The lowest BCUT2D eigenvalue weighted by Crippen LogP contribution is -2.23. The summed E-state index contributed by atoms with van der Waals surface area (Å²) in [7, 11) is -1.24. The number of hydrogen-bond acceptors (Lipinski definition) is 8. The average molecular weight is 414 g/mol. The Morgan fingerprint density at radius 1 is 1.44 bits per heavy atom. The van der Waals surface area contributed by atoms with E-state index < -0.39 is 20.7 Å². The molecule has 2 rings (SSSR count). The van der Waals surface area contributed by atoms with Gasteiger partial charge in [0, 0.05) is 19.5 Å². The minimum Gasteiger partial charge on any atom is -0.466 e. The van der Waals surface area contributed by atoms with Crippen molar-refractivity contribution in [2.24, 2.45) is 5.10 Å². The van der Waals surface area contributed by atoms with Gasteiger partial charge in [-0.3, -0.25) is 10.2 Å². The van der Waals surface area contributed by atoms with E-state index in [4.69, 9.17) is 4.74 Å². The number of benzene rings is 1. The van der Waals surface area contributed by atoms with Gasteiger partial charge in [-0.1, -0.05) is 6.07 Å². The summed E-state index contributed by atoms with van der Waals surface area (Å²) in [6, 6.07) is 3.67. The number of hydrazone groups is 1. The standard InChI is InChI=1S/C16H19FN4O4S2/c1-4-25-15(22)8-12-10-26-16(19-12)20-18-9-11-5-6-13(17)14(7-11)27(23,24)21(2)3/h5-7,9-10H,4,8H2,1-3H3,(H,19,20). The molecule has 0 fully saturated rings. The van der Waals surface area contributed by atoms with Gasteiger partial charge in [0.1, 0.15) is 10.7 Å². The summed E-state index contributed by atoms with van der Waals surface area (Å²) in [5, 5.41) is 6.12. The highest BCUT2D eigenvalue weighted by molar-refractivity contribution is 7.89. The molecule has 11 heteroatoms. The first kappa shape index (κ1) is 20.9. The Hall–Kier alpha value is -2.37. The van der Waals surface area contributed by atoms with E-state index >= 15 is 0 Å². The van der Waals surface area contributed by atoms with E-state index in [9.17, 15) is 17.6 Å². The maximum atomic E-state index is 13.9. The third-order valence-electron chi connectivity index (χ3n) is 3.27. The smallest absolute Gasteiger partial charge is 0.311 e. The summed E-state index contributed by atoms with van der Waals surface area (Å²) >= 11 is 1.25. The second-order valence-corrected chi connectivity index (χ2v) is 8.45. The molecule has 27 heavy (non-hydrogen) atoms. The zero-order valence-corrected chi connectivity index (χ0v) is 16.6. The molecule has 1 heterocycles.